The van der Waals surface area contributed by atoms with Crippen molar-refractivity contribution in [3.63, 3.8) is 0 Å². The van der Waals surface area contributed by atoms with Crippen LogP contribution in [0.25, 0.3) is 0 Å². The number of nitrogens with zero attached hydrogens (tertiary/aromatic N) is 4. The lowest BCUT2D eigenvalue weighted by Crippen LogP contribution is -2.48. The number of hydrogen-bond donors (Lipinski definition) is 0. The van der Waals surface area contributed by atoms with Gasteiger partial charge in [0, 0.05) is 38.9 Å². The van der Waals surface area contributed by atoms with Gasteiger partial charge >= 0.3 is 6.18 Å². The lowest BCUT2D eigenvalue weighted by molar-refractivity contribution is -0.137. The summed E-state index contributed by atoms with van der Waals surface area (Å²) in [7, 11) is 1.59. The summed E-state index contributed by atoms with van der Waals surface area (Å²) in [5.74, 6) is 1.21. The van der Waals surface area contributed by atoms with Crippen molar-refractivity contribution in [2.75, 3.05) is 33.3 Å². The Morgan fingerprint density at radius 1 is 1.00 bits per heavy atom. The van der Waals surface area contributed by atoms with Gasteiger partial charge in [0.15, 0.2) is 12.4 Å². The van der Waals surface area contributed by atoms with Crippen LogP contribution >= 0.6 is 0 Å². The van der Waals surface area contributed by atoms with E-state index in [1.165, 1.54) is 12.1 Å². The molecule has 0 radical (unpaired) electrons. The molecule has 10 heteroatoms. The number of hydrogen-bond acceptors (Lipinski definition) is 5. The number of halogens is 3. The van der Waals surface area contributed by atoms with Gasteiger partial charge in [0.2, 0.25) is 0 Å². The Bertz CT molecular complexity index is 1110. The molecule has 1 amide bonds. The van der Waals surface area contributed by atoms with E-state index in [-0.39, 0.29) is 12.6 Å². The average Bonchev–Trinajstić information content (AvgIpc) is 3.32. The van der Waals surface area contributed by atoms with Gasteiger partial charge in [-0.25, -0.2) is 4.68 Å². The first-order valence-corrected chi connectivity index (χ1v) is 10.8. The minimum Gasteiger partial charge on any atom is -0.497 e. The smallest absolute Gasteiger partial charge is 0.416 e. The summed E-state index contributed by atoms with van der Waals surface area (Å²) in [6.45, 7) is 2.67. The highest BCUT2D eigenvalue weighted by molar-refractivity contribution is 5.92. The minimum absolute atomic E-state index is 0.157. The van der Waals surface area contributed by atoms with Crippen molar-refractivity contribution in [3.05, 3.63) is 77.6 Å². The number of methoxy groups -OCH3 is 1. The monoisotopic (exact) mass is 474 g/mol. The van der Waals surface area contributed by atoms with Crippen LogP contribution < -0.4 is 9.47 Å². The van der Waals surface area contributed by atoms with E-state index in [1.807, 2.05) is 4.90 Å². The Kier molecular flexibility index (Phi) is 7.06. The van der Waals surface area contributed by atoms with Crippen LogP contribution in [0.5, 0.6) is 11.5 Å². The molecule has 7 nitrogen and oxygen atoms in total. The van der Waals surface area contributed by atoms with E-state index in [2.05, 4.69) is 5.10 Å². The van der Waals surface area contributed by atoms with Crippen LogP contribution in [-0.2, 0) is 19.5 Å². The summed E-state index contributed by atoms with van der Waals surface area (Å²) in [4.78, 5) is 16.6. The summed E-state index contributed by atoms with van der Waals surface area (Å²) in [6, 6.07) is 14.2. The fourth-order valence-corrected chi connectivity index (χ4v) is 3.74. The molecule has 1 saturated heterocycles. The molecule has 1 aromatic heterocycles. The van der Waals surface area contributed by atoms with Crippen molar-refractivity contribution in [1.82, 2.24) is 19.6 Å². The number of benzene rings is 2. The molecule has 0 unspecified atom stereocenters. The Balaban J connectivity index is 1.27. The number of carbonyl (C=O) groups is 1. The maximum Gasteiger partial charge on any atom is 0.416 e. The van der Waals surface area contributed by atoms with Crippen molar-refractivity contribution >= 4 is 5.91 Å². The normalized spacial score (nSPS) is 14.8. The fourth-order valence-electron chi connectivity index (χ4n) is 3.74. The van der Waals surface area contributed by atoms with Gasteiger partial charge in [-0.1, -0.05) is 18.2 Å². The largest absolute Gasteiger partial charge is 0.497 e. The van der Waals surface area contributed by atoms with E-state index >= 15 is 0 Å². The average molecular weight is 474 g/mol. The molecule has 34 heavy (non-hydrogen) atoms. The molecule has 0 bridgehead atoms. The van der Waals surface area contributed by atoms with Crippen LogP contribution in [0.1, 0.15) is 21.6 Å². The summed E-state index contributed by atoms with van der Waals surface area (Å²) < 4.78 is 51.1. The Morgan fingerprint density at radius 2 is 1.71 bits per heavy atom. The molecule has 1 fully saturated rings. The van der Waals surface area contributed by atoms with Crippen molar-refractivity contribution in [1.29, 1.82) is 0 Å². The number of carbonyl (C=O) groups excluding carboxylic acids is 1. The van der Waals surface area contributed by atoms with Crippen LogP contribution in [0, 0.1) is 0 Å². The summed E-state index contributed by atoms with van der Waals surface area (Å²) in [5, 5.41) is 4.31. The van der Waals surface area contributed by atoms with Gasteiger partial charge in [0.1, 0.15) is 11.5 Å². The molecular formula is C24H25F3N4O3. The van der Waals surface area contributed by atoms with Crippen LogP contribution in [0.4, 0.5) is 13.2 Å². The topological polar surface area (TPSA) is 59.8 Å². The molecule has 4 rings (SSSR count). The first-order chi connectivity index (χ1) is 16.3. The molecule has 0 saturated carbocycles. The second-order valence-corrected chi connectivity index (χ2v) is 7.96. The van der Waals surface area contributed by atoms with Crippen molar-refractivity contribution in [2.24, 2.45) is 0 Å². The number of piperazine rings is 1. The van der Waals surface area contributed by atoms with Gasteiger partial charge in [-0.3, -0.25) is 9.69 Å². The second kappa shape index (κ2) is 10.2. The van der Waals surface area contributed by atoms with Crippen molar-refractivity contribution < 1.29 is 27.4 Å². The third-order valence-corrected chi connectivity index (χ3v) is 5.60. The SMILES string of the molecule is COc1ccc(OCn2ccc(C(=O)N3CCN(Cc4cccc(C(F)(F)F)c4)CC3)n2)cc1. The third-order valence-electron chi connectivity index (χ3n) is 5.60. The highest BCUT2D eigenvalue weighted by Gasteiger charge is 2.30. The number of rotatable bonds is 7. The molecule has 2 aromatic carbocycles. The van der Waals surface area contributed by atoms with E-state index in [9.17, 15) is 18.0 Å². The van der Waals surface area contributed by atoms with E-state index < -0.39 is 11.7 Å². The lowest BCUT2D eigenvalue weighted by Gasteiger charge is -2.34. The van der Waals surface area contributed by atoms with Gasteiger partial charge in [-0.05, 0) is 42.0 Å². The maximum atomic E-state index is 12.9. The number of amides is 1. The number of aromatic nitrogens is 2. The summed E-state index contributed by atoms with van der Waals surface area (Å²) in [5.41, 5.74) is 0.278. The predicted octanol–water partition coefficient (Wildman–Crippen LogP) is 3.91. The number of ether oxygens (including phenoxy) is 2. The van der Waals surface area contributed by atoms with Gasteiger partial charge in [-0.15, -0.1) is 0 Å². The third kappa shape index (κ3) is 5.88. The summed E-state index contributed by atoms with van der Waals surface area (Å²) >= 11 is 0. The highest BCUT2D eigenvalue weighted by Crippen LogP contribution is 2.29. The maximum absolute atomic E-state index is 12.9. The van der Waals surface area contributed by atoms with Crippen LogP contribution in [-0.4, -0.2) is 58.8 Å². The van der Waals surface area contributed by atoms with E-state index in [4.69, 9.17) is 9.47 Å². The van der Waals surface area contributed by atoms with Crippen LogP contribution in [0.3, 0.4) is 0 Å². The Morgan fingerprint density at radius 3 is 2.38 bits per heavy atom. The van der Waals surface area contributed by atoms with Gasteiger partial charge in [-0.2, -0.15) is 18.3 Å². The van der Waals surface area contributed by atoms with Gasteiger partial charge in [0.05, 0.1) is 12.7 Å². The second-order valence-electron chi connectivity index (χ2n) is 7.96. The molecule has 1 aliphatic heterocycles. The van der Waals surface area contributed by atoms with Crippen molar-refractivity contribution in [2.45, 2.75) is 19.5 Å². The molecule has 0 atom stereocenters. The van der Waals surface area contributed by atoms with E-state index in [0.717, 1.165) is 11.8 Å². The van der Waals surface area contributed by atoms with E-state index in [0.29, 0.717) is 49.7 Å². The molecule has 0 N–H and O–H groups in total. The minimum atomic E-state index is -4.36. The molecule has 2 heterocycles. The molecular weight excluding hydrogens is 449 g/mol. The zero-order valence-electron chi connectivity index (χ0n) is 18.7. The van der Waals surface area contributed by atoms with Crippen LogP contribution in [0.15, 0.2) is 60.8 Å². The Labute approximate surface area is 195 Å². The standard InChI is InChI=1S/C24H25F3N4O3/c1-33-20-5-7-21(8-6-20)34-17-31-10-9-22(28-31)23(32)30-13-11-29(12-14-30)16-18-3-2-4-19(15-18)24(25,26)27/h2-10,15H,11-14,16-17H2,1H3. The molecule has 3 aromatic rings. The zero-order chi connectivity index (χ0) is 24.1. The van der Waals surface area contributed by atoms with Gasteiger partial charge < -0.3 is 14.4 Å². The van der Waals surface area contributed by atoms with E-state index in [1.54, 1.807) is 59.3 Å². The fraction of sp³-hybridized carbons (Fsp3) is 0.333. The first kappa shape index (κ1) is 23.6. The zero-order valence-corrected chi connectivity index (χ0v) is 18.7. The molecule has 0 spiro atoms. The number of alkyl halides is 3. The highest BCUT2D eigenvalue weighted by atomic mass is 19.4. The Hall–Kier alpha value is -3.53. The summed E-state index contributed by atoms with van der Waals surface area (Å²) in [6.07, 6.45) is -2.68. The van der Waals surface area contributed by atoms with Crippen LogP contribution in [0.2, 0.25) is 0 Å². The van der Waals surface area contributed by atoms with Gasteiger partial charge in [0.25, 0.3) is 5.91 Å². The predicted molar refractivity (Wildman–Crippen MR) is 118 cm³/mol. The molecule has 180 valence electrons. The first-order valence-electron chi connectivity index (χ1n) is 10.8. The van der Waals surface area contributed by atoms with Crippen molar-refractivity contribution in [3.8, 4) is 11.5 Å². The molecule has 0 aliphatic carbocycles. The quantitative estimate of drug-likeness (QED) is 0.520. The lowest BCUT2D eigenvalue weighted by atomic mass is 10.1. The molecule has 1 aliphatic rings.